The number of anilines is 1. The van der Waals surface area contributed by atoms with Crippen molar-refractivity contribution in [3.63, 3.8) is 0 Å². The zero-order valence-corrected chi connectivity index (χ0v) is 8.65. The van der Waals surface area contributed by atoms with E-state index in [1.165, 1.54) is 12.8 Å². The normalized spacial score (nSPS) is 16.9. The van der Waals surface area contributed by atoms with E-state index in [2.05, 4.69) is 32.9 Å². The molecule has 0 atom stereocenters. The van der Waals surface area contributed by atoms with E-state index in [0.717, 1.165) is 15.8 Å². The van der Waals surface area contributed by atoms with Crippen molar-refractivity contribution in [1.29, 1.82) is 0 Å². The number of aromatic nitrogens is 1. The molecule has 1 saturated carbocycles. The van der Waals surface area contributed by atoms with Crippen LogP contribution in [-0.2, 0) is 0 Å². The molecule has 60 valence electrons. The minimum absolute atomic E-state index is 0.757. The lowest BCUT2D eigenvalue weighted by molar-refractivity contribution is 0.907. The fourth-order valence-electron chi connectivity index (χ4n) is 1.03. The molecule has 0 unspecified atom stereocenters. The van der Waals surface area contributed by atoms with Crippen LogP contribution in [0.3, 0.4) is 0 Å². The summed E-state index contributed by atoms with van der Waals surface area (Å²) in [4.78, 5) is 6.59. The van der Waals surface area contributed by atoms with E-state index < -0.39 is 0 Å². The topological polar surface area (TPSA) is 16.1 Å². The summed E-state index contributed by atoms with van der Waals surface area (Å²) < 4.78 is 0.949. The van der Waals surface area contributed by atoms with Gasteiger partial charge >= 0.3 is 0 Å². The highest BCUT2D eigenvalue weighted by atomic mass is 79.9. The first-order chi connectivity index (χ1) is 5.27. The molecule has 1 aromatic rings. The van der Waals surface area contributed by atoms with E-state index in [4.69, 9.17) is 0 Å². The molecule has 1 aliphatic carbocycles. The first-order valence-corrected chi connectivity index (χ1v) is 5.28. The molecule has 4 heteroatoms. The summed E-state index contributed by atoms with van der Waals surface area (Å²) in [6, 6.07) is 0.757. The molecule has 1 heterocycles. The summed E-state index contributed by atoms with van der Waals surface area (Å²) in [6.45, 7) is 0. The average molecular weight is 233 g/mol. The maximum atomic E-state index is 4.33. The van der Waals surface area contributed by atoms with Crippen molar-refractivity contribution in [2.75, 3.05) is 11.9 Å². The van der Waals surface area contributed by atoms with Crippen molar-refractivity contribution in [3.8, 4) is 0 Å². The minimum Gasteiger partial charge on any atom is -0.348 e. The van der Waals surface area contributed by atoms with Crippen LogP contribution in [0.25, 0.3) is 0 Å². The van der Waals surface area contributed by atoms with Crippen LogP contribution in [-0.4, -0.2) is 18.1 Å². The molecular formula is C7H9BrN2S. The molecule has 0 radical (unpaired) electrons. The van der Waals surface area contributed by atoms with Gasteiger partial charge in [0, 0.05) is 18.5 Å². The Morgan fingerprint density at radius 3 is 2.91 bits per heavy atom. The molecule has 0 aromatic carbocycles. The Labute approximate surface area is 78.4 Å². The molecule has 0 bridgehead atoms. The molecule has 2 nitrogen and oxygen atoms in total. The van der Waals surface area contributed by atoms with E-state index in [1.807, 2.05) is 5.38 Å². The van der Waals surface area contributed by atoms with Gasteiger partial charge < -0.3 is 4.90 Å². The SMILES string of the molecule is CN(c1nc(Br)cs1)C1CC1. The zero-order chi connectivity index (χ0) is 7.84. The maximum Gasteiger partial charge on any atom is 0.186 e. The summed E-state index contributed by atoms with van der Waals surface area (Å²) in [5.41, 5.74) is 0. The van der Waals surface area contributed by atoms with Gasteiger partial charge in [0.15, 0.2) is 5.13 Å². The Morgan fingerprint density at radius 2 is 2.45 bits per heavy atom. The standard InChI is InChI=1S/C7H9BrN2S/c1-10(5-2-3-5)7-9-6(8)4-11-7/h4-5H,2-3H2,1H3. The van der Waals surface area contributed by atoms with Crippen LogP contribution in [0.1, 0.15) is 12.8 Å². The quantitative estimate of drug-likeness (QED) is 0.780. The van der Waals surface area contributed by atoms with Crippen LogP contribution in [0.4, 0.5) is 5.13 Å². The Balaban J connectivity index is 2.14. The van der Waals surface area contributed by atoms with Crippen molar-refractivity contribution in [2.45, 2.75) is 18.9 Å². The van der Waals surface area contributed by atoms with Crippen molar-refractivity contribution < 1.29 is 0 Å². The number of hydrogen-bond acceptors (Lipinski definition) is 3. The number of halogens is 1. The van der Waals surface area contributed by atoms with Crippen LogP contribution < -0.4 is 4.90 Å². The second-order valence-corrected chi connectivity index (χ2v) is 4.44. The molecule has 0 spiro atoms. The highest BCUT2D eigenvalue weighted by Crippen LogP contribution is 2.32. The lowest BCUT2D eigenvalue weighted by Gasteiger charge is -2.13. The summed E-state index contributed by atoms with van der Waals surface area (Å²) in [6.07, 6.45) is 2.65. The first-order valence-electron chi connectivity index (χ1n) is 3.61. The minimum atomic E-state index is 0.757. The van der Waals surface area contributed by atoms with Crippen LogP contribution in [0.2, 0.25) is 0 Å². The second kappa shape index (κ2) is 2.75. The molecule has 11 heavy (non-hydrogen) atoms. The van der Waals surface area contributed by atoms with Gasteiger partial charge in [-0.05, 0) is 28.8 Å². The maximum absolute atomic E-state index is 4.33. The lowest BCUT2D eigenvalue weighted by atomic mass is 10.6. The Morgan fingerprint density at radius 1 is 1.73 bits per heavy atom. The van der Waals surface area contributed by atoms with Gasteiger partial charge in [0.25, 0.3) is 0 Å². The molecule has 1 aromatic heterocycles. The monoisotopic (exact) mass is 232 g/mol. The van der Waals surface area contributed by atoms with Gasteiger partial charge in [-0.15, -0.1) is 11.3 Å². The van der Waals surface area contributed by atoms with E-state index in [-0.39, 0.29) is 0 Å². The van der Waals surface area contributed by atoms with Crippen LogP contribution >= 0.6 is 27.3 Å². The molecule has 0 N–H and O–H groups in total. The fourth-order valence-corrected chi connectivity index (χ4v) is 2.31. The molecule has 0 amide bonds. The van der Waals surface area contributed by atoms with E-state index in [9.17, 15) is 0 Å². The van der Waals surface area contributed by atoms with Crippen molar-refractivity contribution in [2.24, 2.45) is 0 Å². The first kappa shape index (κ1) is 7.55. The third-order valence-corrected chi connectivity index (χ3v) is 3.50. The molecule has 0 saturated heterocycles. The third-order valence-electron chi connectivity index (χ3n) is 1.86. The third kappa shape index (κ3) is 1.56. The lowest BCUT2D eigenvalue weighted by Crippen LogP contribution is -2.18. The number of rotatable bonds is 2. The van der Waals surface area contributed by atoms with Gasteiger partial charge in [0.1, 0.15) is 4.60 Å². The van der Waals surface area contributed by atoms with E-state index in [1.54, 1.807) is 11.3 Å². The molecular weight excluding hydrogens is 224 g/mol. The highest BCUT2D eigenvalue weighted by Gasteiger charge is 2.27. The average Bonchev–Trinajstić information content (AvgIpc) is 2.74. The molecule has 2 rings (SSSR count). The van der Waals surface area contributed by atoms with Crippen molar-refractivity contribution in [3.05, 3.63) is 9.98 Å². The predicted molar refractivity (Wildman–Crippen MR) is 51.2 cm³/mol. The van der Waals surface area contributed by atoms with Crippen LogP contribution in [0.5, 0.6) is 0 Å². The number of nitrogens with zero attached hydrogens (tertiary/aromatic N) is 2. The summed E-state index contributed by atoms with van der Waals surface area (Å²) >= 11 is 5.04. The van der Waals surface area contributed by atoms with Gasteiger partial charge in [0.2, 0.25) is 0 Å². The van der Waals surface area contributed by atoms with Gasteiger partial charge in [0.05, 0.1) is 0 Å². The summed E-state index contributed by atoms with van der Waals surface area (Å²) in [7, 11) is 2.11. The second-order valence-electron chi connectivity index (χ2n) is 2.79. The number of hydrogen-bond donors (Lipinski definition) is 0. The Kier molecular flexibility index (Phi) is 1.89. The summed E-state index contributed by atoms with van der Waals surface area (Å²) in [5.74, 6) is 0. The van der Waals surface area contributed by atoms with Crippen molar-refractivity contribution >= 4 is 32.4 Å². The fraction of sp³-hybridized carbons (Fsp3) is 0.571. The highest BCUT2D eigenvalue weighted by molar-refractivity contribution is 9.10. The van der Waals surface area contributed by atoms with Crippen LogP contribution in [0.15, 0.2) is 9.98 Å². The summed E-state index contributed by atoms with van der Waals surface area (Å²) in [5, 5.41) is 3.15. The smallest absolute Gasteiger partial charge is 0.186 e. The Hall–Kier alpha value is -0.0900. The van der Waals surface area contributed by atoms with Crippen LogP contribution in [0, 0.1) is 0 Å². The Bertz CT molecular complexity index is 257. The predicted octanol–water partition coefficient (Wildman–Crippen LogP) is 2.50. The molecule has 1 aliphatic rings. The van der Waals surface area contributed by atoms with E-state index >= 15 is 0 Å². The van der Waals surface area contributed by atoms with E-state index in [0.29, 0.717) is 0 Å². The van der Waals surface area contributed by atoms with Gasteiger partial charge in [-0.2, -0.15) is 0 Å². The van der Waals surface area contributed by atoms with Gasteiger partial charge in [-0.1, -0.05) is 0 Å². The molecule has 1 fully saturated rings. The van der Waals surface area contributed by atoms with Gasteiger partial charge in [-0.25, -0.2) is 4.98 Å². The van der Waals surface area contributed by atoms with Crippen molar-refractivity contribution in [1.82, 2.24) is 4.98 Å². The van der Waals surface area contributed by atoms with Gasteiger partial charge in [-0.3, -0.25) is 0 Å². The molecule has 0 aliphatic heterocycles. The zero-order valence-electron chi connectivity index (χ0n) is 6.25. The number of thiazole rings is 1. The largest absolute Gasteiger partial charge is 0.348 e.